The van der Waals surface area contributed by atoms with Gasteiger partial charge >= 0.3 is 0 Å². The summed E-state index contributed by atoms with van der Waals surface area (Å²) < 4.78 is 2.06. The van der Waals surface area contributed by atoms with E-state index in [1.807, 2.05) is 30.3 Å². The Balaban J connectivity index is 1.35. The van der Waals surface area contributed by atoms with Crippen LogP contribution >= 0.6 is 0 Å². The Morgan fingerprint density at radius 1 is 0.850 bits per heavy atom. The van der Waals surface area contributed by atoms with Gasteiger partial charge < -0.3 is 16.4 Å². The number of ketones is 1. The molecule has 3 aromatic heterocycles. The third-order valence-electron chi connectivity index (χ3n) is 8.36. The summed E-state index contributed by atoms with van der Waals surface area (Å²) >= 11 is 0. The molecule has 0 unspecified atom stereocenters. The predicted octanol–water partition coefficient (Wildman–Crippen LogP) is 5.24. The molecule has 8 nitrogen and oxygen atoms in total. The molecule has 0 spiro atoms. The molecule has 1 saturated heterocycles. The van der Waals surface area contributed by atoms with E-state index in [4.69, 9.17) is 21.4 Å². The first kappa shape index (κ1) is 24.5. The Labute approximate surface area is 232 Å². The van der Waals surface area contributed by atoms with Crippen molar-refractivity contribution in [1.82, 2.24) is 19.5 Å². The largest absolute Gasteiger partial charge is 0.383 e. The summed E-state index contributed by atoms with van der Waals surface area (Å²) in [4.78, 5) is 28.4. The van der Waals surface area contributed by atoms with Crippen LogP contribution in [0.1, 0.15) is 37.7 Å². The van der Waals surface area contributed by atoms with Gasteiger partial charge in [-0.15, -0.1) is 0 Å². The number of nitrogens with zero attached hydrogens (tertiary/aromatic N) is 5. The van der Waals surface area contributed by atoms with Crippen molar-refractivity contribution in [2.45, 2.75) is 37.6 Å². The van der Waals surface area contributed by atoms with Crippen molar-refractivity contribution < 1.29 is 4.79 Å². The molecule has 0 bridgehead atoms. The molecule has 2 aliphatic rings. The van der Waals surface area contributed by atoms with Crippen molar-refractivity contribution in [2.24, 2.45) is 5.73 Å². The van der Waals surface area contributed by atoms with Crippen LogP contribution in [0.4, 0.5) is 11.5 Å². The fourth-order valence-electron chi connectivity index (χ4n) is 5.81. The number of nitrogens with two attached hydrogens (primary N) is 2. The number of benzene rings is 2. The van der Waals surface area contributed by atoms with Crippen LogP contribution in [-0.2, 0) is 10.3 Å². The number of Topliss-reactive ketones (excluding diaryl/α,β-unsaturated/α-hetero) is 1. The van der Waals surface area contributed by atoms with Crippen LogP contribution < -0.4 is 16.4 Å². The quantitative estimate of drug-likeness (QED) is 0.320. The van der Waals surface area contributed by atoms with E-state index in [9.17, 15) is 4.79 Å². The number of aromatic nitrogens is 4. The van der Waals surface area contributed by atoms with Gasteiger partial charge in [-0.3, -0.25) is 9.36 Å². The standard InChI is InChI=1S/C32H31N7O/c33-29-26(6-2-17-35-29)30-37-28-12-11-27(21-4-1-5-24(20-21)38-18-13-25(40)14-19-38)36-31(28)39(30)23-9-7-22(8-10-23)32(34)15-3-16-32/h1-2,4-12,17,20H,3,13-16,18-19,34H2,(H2,33,35). The SMILES string of the molecule is Nc1ncccc1-c1nc2ccc(-c3cccc(N4CCC(=O)CC4)c3)nc2n1-c1ccc(C2(N)CCC2)cc1. The van der Waals surface area contributed by atoms with E-state index in [2.05, 4.69) is 56.9 Å². The summed E-state index contributed by atoms with van der Waals surface area (Å²) in [7, 11) is 0. The zero-order valence-corrected chi connectivity index (χ0v) is 22.3. The minimum absolute atomic E-state index is 0.232. The van der Waals surface area contributed by atoms with Gasteiger partial charge in [0.2, 0.25) is 0 Å². The molecule has 7 rings (SSSR count). The summed E-state index contributed by atoms with van der Waals surface area (Å²) in [5.41, 5.74) is 20.0. The first-order chi connectivity index (χ1) is 19.5. The number of carbonyl (C=O) groups excluding carboxylic acids is 1. The number of pyridine rings is 2. The average molecular weight is 530 g/mol. The number of imidazole rings is 1. The van der Waals surface area contributed by atoms with E-state index in [0.29, 0.717) is 30.3 Å². The van der Waals surface area contributed by atoms with Crippen LogP contribution in [0.3, 0.4) is 0 Å². The molecule has 5 aromatic rings. The average Bonchev–Trinajstić information content (AvgIpc) is 3.35. The molecule has 200 valence electrons. The van der Waals surface area contributed by atoms with Crippen molar-refractivity contribution in [3.8, 4) is 28.3 Å². The van der Waals surface area contributed by atoms with E-state index in [-0.39, 0.29) is 5.54 Å². The summed E-state index contributed by atoms with van der Waals surface area (Å²) in [6, 6.07) is 24.6. The third kappa shape index (κ3) is 4.21. The number of nitrogen functional groups attached to an aromatic ring is 1. The fraction of sp³-hybridized carbons (Fsp3) is 0.250. The zero-order valence-electron chi connectivity index (χ0n) is 22.3. The van der Waals surface area contributed by atoms with Gasteiger partial charge in [-0.2, -0.15) is 0 Å². The first-order valence-corrected chi connectivity index (χ1v) is 13.9. The molecule has 40 heavy (non-hydrogen) atoms. The number of hydrogen-bond donors (Lipinski definition) is 2. The minimum Gasteiger partial charge on any atom is -0.383 e. The van der Waals surface area contributed by atoms with Crippen LogP contribution in [0.25, 0.3) is 39.5 Å². The number of anilines is 2. The molecule has 4 heterocycles. The van der Waals surface area contributed by atoms with E-state index in [1.165, 1.54) is 6.42 Å². The molecule has 4 N–H and O–H groups in total. The van der Waals surface area contributed by atoms with Gasteiger partial charge in [-0.25, -0.2) is 15.0 Å². The first-order valence-electron chi connectivity index (χ1n) is 13.9. The van der Waals surface area contributed by atoms with E-state index >= 15 is 0 Å². The summed E-state index contributed by atoms with van der Waals surface area (Å²) in [5, 5.41) is 0. The van der Waals surface area contributed by atoms with Crippen LogP contribution in [-0.4, -0.2) is 38.4 Å². The van der Waals surface area contributed by atoms with Crippen molar-refractivity contribution >= 4 is 28.5 Å². The fourth-order valence-corrected chi connectivity index (χ4v) is 5.81. The summed E-state index contributed by atoms with van der Waals surface area (Å²) in [6.45, 7) is 1.50. The number of fused-ring (bicyclic) bond motifs is 1. The topological polar surface area (TPSA) is 116 Å². The highest BCUT2D eigenvalue weighted by molar-refractivity contribution is 5.85. The molecular weight excluding hydrogens is 498 g/mol. The van der Waals surface area contributed by atoms with E-state index in [1.54, 1.807) is 6.20 Å². The Kier molecular flexibility index (Phi) is 5.86. The number of hydrogen-bond acceptors (Lipinski definition) is 7. The Morgan fingerprint density at radius 3 is 2.38 bits per heavy atom. The van der Waals surface area contributed by atoms with Gasteiger partial charge in [0.15, 0.2) is 11.5 Å². The zero-order chi connectivity index (χ0) is 27.3. The Hall–Kier alpha value is -4.56. The van der Waals surface area contributed by atoms with Crippen molar-refractivity contribution in [3.63, 3.8) is 0 Å². The lowest BCUT2D eigenvalue weighted by molar-refractivity contribution is -0.119. The smallest absolute Gasteiger partial charge is 0.165 e. The Morgan fingerprint density at radius 2 is 1.65 bits per heavy atom. The second-order valence-corrected chi connectivity index (χ2v) is 10.9. The van der Waals surface area contributed by atoms with Crippen molar-refractivity contribution in [1.29, 1.82) is 0 Å². The van der Waals surface area contributed by atoms with Crippen molar-refractivity contribution in [2.75, 3.05) is 23.7 Å². The van der Waals surface area contributed by atoms with Gasteiger partial charge in [0.05, 0.1) is 11.3 Å². The van der Waals surface area contributed by atoms with Gasteiger partial charge in [0.1, 0.15) is 17.1 Å². The second kappa shape index (κ2) is 9.57. The van der Waals surface area contributed by atoms with Crippen LogP contribution in [0.15, 0.2) is 79.0 Å². The predicted molar refractivity (Wildman–Crippen MR) is 158 cm³/mol. The highest BCUT2D eigenvalue weighted by atomic mass is 16.1. The van der Waals surface area contributed by atoms with E-state index < -0.39 is 0 Å². The summed E-state index contributed by atoms with van der Waals surface area (Å²) in [5.74, 6) is 1.44. The van der Waals surface area contributed by atoms with Gasteiger partial charge in [-0.1, -0.05) is 24.3 Å². The molecule has 0 radical (unpaired) electrons. The highest BCUT2D eigenvalue weighted by Crippen LogP contribution is 2.39. The maximum atomic E-state index is 11.8. The molecular formula is C32H31N7O. The third-order valence-corrected chi connectivity index (χ3v) is 8.36. The molecule has 2 aromatic carbocycles. The lowest BCUT2D eigenvalue weighted by Crippen LogP contribution is -2.43. The molecule has 1 aliphatic heterocycles. The molecule has 1 aliphatic carbocycles. The van der Waals surface area contributed by atoms with Gasteiger partial charge in [-0.05, 0) is 73.4 Å². The molecule has 1 saturated carbocycles. The molecule has 0 atom stereocenters. The number of carbonyl (C=O) groups is 1. The number of rotatable bonds is 5. The van der Waals surface area contributed by atoms with Crippen LogP contribution in [0.5, 0.6) is 0 Å². The monoisotopic (exact) mass is 529 g/mol. The van der Waals surface area contributed by atoms with Gasteiger partial charge in [0.25, 0.3) is 0 Å². The maximum absolute atomic E-state index is 11.8. The van der Waals surface area contributed by atoms with Crippen LogP contribution in [0.2, 0.25) is 0 Å². The highest BCUT2D eigenvalue weighted by Gasteiger charge is 2.34. The summed E-state index contributed by atoms with van der Waals surface area (Å²) in [6.07, 6.45) is 6.06. The maximum Gasteiger partial charge on any atom is 0.165 e. The Bertz CT molecular complexity index is 1730. The lowest BCUT2D eigenvalue weighted by Gasteiger charge is -2.38. The molecule has 0 amide bonds. The number of piperidine rings is 1. The van der Waals surface area contributed by atoms with Crippen LogP contribution in [0, 0.1) is 0 Å². The molecule has 2 fully saturated rings. The van der Waals surface area contributed by atoms with Gasteiger partial charge in [0, 0.05) is 54.6 Å². The molecule has 8 heteroatoms. The second-order valence-electron chi connectivity index (χ2n) is 10.9. The minimum atomic E-state index is -0.232. The normalized spacial score (nSPS) is 16.7. The van der Waals surface area contributed by atoms with Crippen molar-refractivity contribution in [3.05, 3.63) is 84.6 Å². The van der Waals surface area contributed by atoms with E-state index in [0.717, 1.165) is 70.9 Å². The lowest BCUT2D eigenvalue weighted by atomic mass is 9.73.